The maximum atomic E-state index is 13.2. The summed E-state index contributed by atoms with van der Waals surface area (Å²) >= 11 is 1.34. The van der Waals surface area contributed by atoms with Gasteiger partial charge in [-0.25, -0.2) is 9.79 Å². The lowest BCUT2D eigenvalue weighted by Gasteiger charge is -2.15. The molecule has 1 N–H and O–H groups in total. The zero-order valence-electron chi connectivity index (χ0n) is 17.6. The van der Waals surface area contributed by atoms with Crippen LogP contribution in [-0.4, -0.2) is 33.6 Å². The molecule has 0 radical (unpaired) electrons. The third kappa shape index (κ3) is 5.15. The van der Waals surface area contributed by atoms with Crippen LogP contribution in [-0.2, 0) is 11.2 Å². The van der Waals surface area contributed by atoms with Crippen LogP contribution < -0.4 is 0 Å². The van der Waals surface area contributed by atoms with E-state index < -0.39 is 5.97 Å². The number of amidine groups is 1. The number of benzene rings is 3. The van der Waals surface area contributed by atoms with Crippen molar-refractivity contribution in [1.82, 2.24) is 4.90 Å². The van der Waals surface area contributed by atoms with Gasteiger partial charge in [-0.15, -0.1) is 0 Å². The molecule has 0 unspecified atom stereocenters. The summed E-state index contributed by atoms with van der Waals surface area (Å²) in [5.74, 6) is -1.07. The second kappa shape index (κ2) is 9.66. The molecule has 5 nitrogen and oxygen atoms in total. The first-order valence-electron chi connectivity index (χ1n) is 10.2. The second-order valence-electron chi connectivity index (χ2n) is 7.46. The van der Waals surface area contributed by atoms with E-state index in [1.807, 2.05) is 61.5 Å². The van der Waals surface area contributed by atoms with Crippen LogP contribution in [0.1, 0.15) is 27.0 Å². The van der Waals surface area contributed by atoms with Crippen molar-refractivity contribution in [2.75, 3.05) is 6.54 Å². The molecule has 0 bridgehead atoms. The van der Waals surface area contributed by atoms with Crippen molar-refractivity contribution < 1.29 is 14.7 Å². The van der Waals surface area contributed by atoms with E-state index in [1.54, 1.807) is 23.1 Å². The predicted octanol–water partition coefficient (Wildman–Crippen LogP) is 5.54. The van der Waals surface area contributed by atoms with Gasteiger partial charge in [0, 0.05) is 6.54 Å². The summed E-state index contributed by atoms with van der Waals surface area (Å²) in [7, 11) is 0. The summed E-state index contributed by atoms with van der Waals surface area (Å²) in [5, 5.41) is 9.73. The number of rotatable bonds is 6. The molecule has 1 aliphatic rings. The molecule has 1 amide bonds. The number of thioether (sulfide) groups is 1. The molecule has 32 heavy (non-hydrogen) atoms. The van der Waals surface area contributed by atoms with Crippen LogP contribution in [0.4, 0.5) is 5.69 Å². The summed E-state index contributed by atoms with van der Waals surface area (Å²) in [4.78, 5) is 31.3. The highest BCUT2D eigenvalue weighted by Gasteiger charge is 2.33. The van der Waals surface area contributed by atoms with E-state index in [1.165, 1.54) is 23.9 Å². The number of amides is 1. The smallest absolute Gasteiger partial charge is 0.335 e. The van der Waals surface area contributed by atoms with Crippen LogP contribution in [0, 0.1) is 6.92 Å². The summed E-state index contributed by atoms with van der Waals surface area (Å²) in [5.41, 5.74) is 4.08. The molecule has 6 heteroatoms. The summed E-state index contributed by atoms with van der Waals surface area (Å²) in [6, 6.07) is 24.4. The molecular formula is C26H22N2O3S. The lowest BCUT2D eigenvalue weighted by atomic mass is 10.1. The van der Waals surface area contributed by atoms with Crippen molar-refractivity contribution in [1.29, 1.82) is 0 Å². The van der Waals surface area contributed by atoms with Crippen molar-refractivity contribution in [2.45, 2.75) is 13.3 Å². The minimum absolute atomic E-state index is 0.0981. The van der Waals surface area contributed by atoms with E-state index in [4.69, 9.17) is 10.1 Å². The van der Waals surface area contributed by atoms with Crippen LogP contribution >= 0.6 is 11.8 Å². The van der Waals surface area contributed by atoms with Crippen molar-refractivity contribution in [3.63, 3.8) is 0 Å². The highest BCUT2D eigenvalue weighted by Crippen LogP contribution is 2.34. The Morgan fingerprint density at radius 2 is 1.69 bits per heavy atom. The van der Waals surface area contributed by atoms with Crippen molar-refractivity contribution in [3.8, 4) is 0 Å². The average Bonchev–Trinajstić information content (AvgIpc) is 3.09. The van der Waals surface area contributed by atoms with E-state index in [-0.39, 0.29) is 11.5 Å². The number of carbonyl (C=O) groups is 2. The van der Waals surface area contributed by atoms with E-state index in [2.05, 4.69) is 0 Å². The molecule has 4 rings (SSSR count). The Morgan fingerprint density at radius 3 is 2.34 bits per heavy atom. The van der Waals surface area contributed by atoms with Gasteiger partial charge in [0.05, 0.1) is 16.2 Å². The topological polar surface area (TPSA) is 70.0 Å². The molecule has 160 valence electrons. The molecule has 1 saturated heterocycles. The molecular weight excluding hydrogens is 420 g/mol. The summed E-state index contributed by atoms with van der Waals surface area (Å²) in [6.07, 6.45) is 2.51. The summed E-state index contributed by atoms with van der Waals surface area (Å²) < 4.78 is 0. The number of carboxylic acid groups (broad SMARTS) is 1. The largest absolute Gasteiger partial charge is 0.478 e. The van der Waals surface area contributed by atoms with Crippen LogP contribution in [0.2, 0.25) is 0 Å². The third-order valence-electron chi connectivity index (χ3n) is 5.07. The fourth-order valence-electron chi connectivity index (χ4n) is 3.28. The Hall–Kier alpha value is -3.64. The van der Waals surface area contributed by atoms with Crippen LogP contribution in [0.15, 0.2) is 88.8 Å². The van der Waals surface area contributed by atoms with Gasteiger partial charge in [0.25, 0.3) is 5.91 Å². The fourth-order valence-corrected chi connectivity index (χ4v) is 4.30. The molecule has 1 heterocycles. The standard InChI is InChI=1S/C26H22N2O3S/c1-18-7-13-22(14-8-18)27-26-28(16-15-19-5-3-2-4-6-19)24(29)23(32-26)17-20-9-11-21(12-10-20)25(30)31/h2-14,17H,15-16H2,1H3,(H,30,31). The van der Waals surface area contributed by atoms with E-state index in [9.17, 15) is 9.59 Å². The molecule has 0 atom stereocenters. The SMILES string of the molecule is Cc1ccc(N=C2SC(=Cc3ccc(C(=O)O)cc3)C(=O)N2CCc2ccccc2)cc1. The highest BCUT2D eigenvalue weighted by molar-refractivity contribution is 8.18. The molecule has 0 aliphatic carbocycles. The molecule has 0 spiro atoms. The molecule has 3 aromatic rings. The minimum atomic E-state index is -0.977. The molecule has 3 aromatic carbocycles. The molecule has 0 aromatic heterocycles. The highest BCUT2D eigenvalue weighted by atomic mass is 32.2. The normalized spacial score (nSPS) is 16.2. The Bertz CT molecular complexity index is 1180. The van der Waals surface area contributed by atoms with Crippen molar-refractivity contribution in [2.24, 2.45) is 4.99 Å². The van der Waals surface area contributed by atoms with Crippen LogP contribution in [0.5, 0.6) is 0 Å². The molecule has 1 aliphatic heterocycles. The number of carboxylic acids is 1. The number of nitrogens with zero attached hydrogens (tertiary/aromatic N) is 2. The average molecular weight is 443 g/mol. The van der Waals surface area contributed by atoms with Gasteiger partial charge in [0.15, 0.2) is 5.17 Å². The van der Waals surface area contributed by atoms with Gasteiger partial charge in [-0.05, 0) is 66.6 Å². The van der Waals surface area contributed by atoms with E-state index >= 15 is 0 Å². The van der Waals surface area contributed by atoms with Gasteiger partial charge in [-0.3, -0.25) is 9.69 Å². The van der Waals surface area contributed by atoms with Gasteiger partial charge in [-0.1, -0.05) is 60.2 Å². The Labute approximate surface area is 191 Å². The first-order valence-corrected chi connectivity index (χ1v) is 11.1. The minimum Gasteiger partial charge on any atom is -0.478 e. The zero-order valence-corrected chi connectivity index (χ0v) is 18.4. The van der Waals surface area contributed by atoms with E-state index in [0.29, 0.717) is 16.6 Å². The number of aromatic carboxylic acids is 1. The van der Waals surface area contributed by atoms with Gasteiger partial charge in [0.1, 0.15) is 0 Å². The maximum absolute atomic E-state index is 13.2. The Balaban J connectivity index is 1.62. The quantitative estimate of drug-likeness (QED) is 0.509. The lowest BCUT2D eigenvalue weighted by molar-refractivity contribution is -0.122. The third-order valence-corrected chi connectivity index (χ3v) is 6.08. The second-order valence-corrected chi connectivity index (χ2v) is 8.47. The number of aryl methyl sites for hydroxylation is 1. The first-order chi connectivity index (χ1) is 15.5. The fraction of sp³-hybridized carbons (Fsp3) is 0.115. The summed E-state index contributed by atoms with van der Waals surface area (Å²) in [6.45, 7) is 2.54. The van der Waals surface area contributed by atoms with Crippen molar-refractivity contribution in [3.05, 3.63) is 106 Å². The molecule has 1 fully saturated rings. The zero-order chi connectivity index (χ0) is 22.5. The Kier molecular flexibility index (Phi) is 6.52. The lowest BCUT2D eigenvalue weighted by Crippen LogP contribution is -2.31. The van der Waals surface area contributed by atoms with Gasteiger partial charge < -0.3 is 5.11 Å². The molecule has 0 saturated carbocycles. The van der Waals surface area contributed by atoms with E-state index in [0.717, 1.165) is 28.8 Å². The number of hydrogen-bond donors (Lipinski definition) is 1. The van der Waals surface area contributed by atoms with Gasteiger partial charge >= 0.3 is 5.97 Å². The van der Waals surface area contributed by atoms with Gasteiger partial charge in [-0.2, -0.15) is 0 Å². The first kappa shape index (κ1) is 21.6. The monoisotopic (exact) mass is 442 g/mol. The Morgan fingerprint density at radius 1 is 1.00 bits per heavy atom. The number of aliphatic imine (C=N–C) groups is 1. The van der Waals surface area contributed by atoms with Crippen LogP contribution in [0.3, 0.4) is 0 Å². The van der Waals surface area contributed by atoms with Crippen LogP contribution in [0.25, 0.3) is 6.08 Å². The number of hydrogen-bond acceptors (Lipinski definition) is 4. The van der Waals surface area contributed by atoms with Gasteiger partial charge in [0.2, 0.25) is 0 Å². The van der Waals surface area contributed by atoms with Crippen molar-refractivity contribution >= 4 is 40.6 Å². The number of carbonyl (C=O) groups excluding carboxylic acids is 1. The predicted molar refractivity (Wildman–Crippen MR) is 129 cm³/mol. The maximum Gasteiger partial charge on any atom is 0.335 e.